The molecule has 304 valence electrons. The number of aliphatic hydroxyl groups is 1. The molecule has 0 fully saturated rings. The fourth-order valence-electron chi connectivity index (χ4n) is 6.84. The Hall–Kier alpha value is -1.34. The van der Waals surface area contributed by atoms with Crippen molar-refractivity contribution < 1.29 is 28.9 Å². The number of ether oxygens (including phenoxy) is 3. The number of rotatable bonds is 40. The van der Waals surface area contributed by atoms with Gasteiger partial charge in [-0.05, 0) is 84.2 Å². The molecule has 51 heavy (non-hydrogen) atoms. The normalized spacial score (nSPS) is 12.1. The Balaban J connectivity index is 3.99. The van der Waals surface area contributed by atoms with Gasteiger partial charge in [-0.25, -0.2) is 4.79 Å². The molecule has 0 amide bonds. The van der Waals surface area contributed by atoms with Gasteiger partial charge in [-0.3, -0.25) is 4.79 Å². The lowest BCUT2D eigenvalue weighted by atomic mass is 10.0. The van der Waals surface area contributed by atoms with Crippen molar-refractivity contribution in [3.63, 3.8) is 0 Å². The molecule has 0 aliphatic rings. The number of unbranched alkanes of at least 4 members (excludes halogenated alkanes) is 22. The summed E-state index contributed by atoms with van der Waals surface area (Å²) in [5.74, 6) is 0.00554. The van der Waals surface area contributed by atoms with E-state index in [2.05, 4.69) is 25.7 Å². The molecule has 0 bridgehead atoms. The number of esters is 1. The van der Waals surface area contributed by atoms with Gasteiger partial charge in [0.05, 0.1) is 13.2 Å². The molecule has 0 saturated carbocycles. The molecule has 7 heteroatoms. The summed E-state index contributed by atoms with van der Waals surface area (Å²) in [6.45, 7) is 12.0. The van der Waals surface area contributed by atoms with Crippen molar-refractivity contribution in [3.8, 4) is 0 Å². The average molecular weight is 726 g/mol. The highest BCUT2D eigenvalue weighted by Crippen LogP contribution is 2.18. The Morgan fingerprint density at radius 2 is 0.941 bits per heavy atom. The van der Waals surface area contributed by atoms with Crippen LogP contribution in [0.2, 0.25) is 0 Å². The van der Waals surface area contributed by atoms with E-state index in [1.807, 2.05) is 6.92 Å². The molecule has 0 aliphatic carbocycles. The fourth-order valence-corrected chi connectivity index (χ4v) is 6.84. The van der Waals surface area contributed by atoms with Crippen LogP contribution >= 0.6 is 0 Å². The molecule has 0 aromatic heterocycles. The van der Waals surface area contributed by atoms with Crippen LogP contribution in [0.1, 0.15) is 227 Å². The molecule has 0 spiro atoms. The molecular formula is C44H87NO6. The van der Waals surface area contributed by atoms with E-state index in [1.54, 1.807) is 0 Å². The van der Waals surface area contributed by atoms with E-state index in [9.17, 15) is 14.7 Å². The summed E-state index contributed by atoms with van der Waals surface area (Å²) in [4.78, 5) is 27.0. The molecule has 1 unspecified atom stereocenters. The van der Waals surface area contributed by atoms with Crippen LogP contribution in [0.3, 0.4) is 0 Å². The first kappa shape index (κ1) is 49.7. The minimum absolute atomic E-state index is 0.00554. The van der Waals surface area contributed by atoms with E-state index in [4.69, 9.17) is 14.2 Å². The Bertz CT molecular complexity index is 718. The third-order valence-corrected chi connectivity index (χ3v) is 10.2. The summed E-state index contributed by atoms with van der Waals surface area (Å²) in [5, 5.41) is 9.54. The zero-order chi connectivity index (χ0) is 37.5. The van der Waals surface area contributed by atoms with Crippen LogP contribution in [-0.4, -0.2) is 67.2 Å². The zero-order valence-corrected chi connectivity index (χ0v) is 34.5. The second-order valence-electron chi connectivity index (χ2n) is 15.3. The maximum atomic E-state index is 12.7. The highest BCUT2D eigenvalue weighted by Gasteiger charge is 2.15. The van der Waals surface area contributed by atoms with Crippen molar-refractivity contribution in [1.29, 1.82) is 0 Å². The third-order valence-electron chi connectivity index (χ3n) is 10.2. The van der Waals surface area contributed by atoms with Crippen LogP contribution in [0.15, 0.2) is 0 Å². The van der Waals surface area contributed by atoms with Crippen molar-refractivity contribution >= 4 is 12.1 Å². The van der Waals surface area contributed by atoms with E-state index in [0.29, 0.717) is 13.0 Å². The first-order valence-corrected chi connectivity index (χ1v) is 22.3. The Labute approximate surface area is 317 Å². The topological polar surface area (TPSA) is 85.3 Å². The predicted molar refractivity (Wildman–Crippen MR) is 215 cm³/mol. The molecule has 1 N–H and O–H groups in total. The summed E-state index contributed by atoms with van der Waals surface area (Å²) < 4.78 is 16.7. The van der Waals surface area contributed by atoms with Crippen LogP contribution in [0.4, 0.5) is 4.79 Å². The van der Waals surface area contributed by atoms with Gasteiger partial charge in [-0.1, -0.05) is 149 Å². The molecule has 0 radical (unpaired) electrons. The molecule has 7 nitrogen and oxygen atoms in total. The van der Waals surface area contributed by atoms with E-state index in [-0.39, 0.29) is 24.8 Å². The summed E-state index contributed by atoms with van der Waals surface area (Å²) >= 11 is 0. The Morgan fingerprint density at radius 1 is 0.510 bits per heavy atom. The largest absolute Gasteiger partial charge is 0.508 e. The predicted octanol–water partition coefficient (Wildman–Crippen LogP) is 12.9. The summed E-state index contributed by atoms with van der Waals surface area (Å²) in [6.07, 6.45) is 35.2. The van der Waals surface area contributed by atoms with Gasteiger partial charge in [0.2, 0.25) is 0 Å². The van der Waals surface area contributed by atoms with Gasteiger partial charge in [-0.2, -0.15) is 0 Å². The second-order valence-corrected chi connectivity index (χ2v) is 15.3. The average Bonchev–Trinajstić information content (AvgIpc) is 3.11. The lowest BCUT2D eigenvalue weighted by molar-refractivity contribution is -0.150. The number of carbonyl (C=O) groups is 2. The Kier molecular flexibility index (Phi) is 38.8. The van der Waals surface area contributed by atoms with E-state index in [0.717, 1.165) is 103 Å². The first-order valence-electron chi connectivity index (χ1n) is 22.3. The van der Waals surface area contributed by atoms with Gasteiger partial charge in [-0.15, -0.1) is 0 Å². The first-order chi connectivity index (χ1) is 25.0. The number of hydrogen-bond donors (Lipinski definition) is 1. The monoisotopic (exact) mass is 726 g/mol. The maximum absolute atomic E-state index is 12.7. The van der Waals surface area contributed by atoms with Crippen LogP contribution in [0, 0.1) is 0 Å². The van der Waals surface area contributed by atoms with Crippen molar-refractivity contribution in [2.24, 2.45) is 0 Å². The SMILES string of the molecule is CCCCCCCCC(C)OC(=O)OCCCCCCN(CCO)CCCCCCCC(=O)OC(CCCCCCCC)CCCCCCCC. The minimum Gasteiger partial charge on any atom is -0.462 e. The highest BCUT2D eigenvalue weighted by molar-refractivity contribution is 5.69. The molecule has 0 heterocycles. The summed E-state index contributed by atoms with van der Waals surface area (Å²) in [7, 11) is 0. The lowest BCUT2D eigenvalue weighted by Crippen LogP contribution is -2.29. The Morgan fingerprint density at radius 3 is 1.45 bits per heavy atom. The molecule has 0 saturated heterocycles. The van der Waals surface area contributed by atoms with Crippen molar-refractivity contribution in [1.82, 2.24) is 4.90 Å². The van der Waals surface area contributed by atoms with E-state index < -0.39 is 6.16 Å². The fraction of sp³-hybridized carbons (Fsp3) is 0.955. The third kappa shape index (κ3) is 36.8. The quantitative estimate of drug-likeness (QED) is 0.0497. The number of aliphatic hydroxyl groups excluding tert-OH is 1. The molecule has 0 rings (SSSR count). The standard InChI is InChI=1S/C44H87NO6/c1-5-8-11-14-18-25-32-41(4)50-44(48)49-40-31-24-23-30-37-45(38-39-46)36-29-22-17-21-28-35-43(47)51-42(33-26-19-15-12-9-6-2)34-27-20-16-13-10-7-3/h41-42,46H,5-40H2,1-4H3. The van der Waals surface area contributed by atoms with Crippen molar-refractivity contribution in [2.75, 3.05) is 32.8 Å². The second kappa shape index (κ2) is 39.9. The van der Waals surface area contributed by atoms with Crippen LogP contribution in [-0.2, 0) is 19.0 Å². The van der Waals surface area contributed by atoms with Gasteiger partial charge < -0.3 is 24.2 Å². The van der Waals surface area contributed by atoms with Crippen molar-refractivity contribution in [3.05, 3.63) is 0 Å². The van der Waals surface area contributed by atoms with Gasteiger partial charge in [0.15, 0.2) is 0 Å². The van der Waals surface area contributed by atoms with E-state index >= 15 is 0 Å². The molecule has 1 atom stereocenters. The molecule has 0 aliphatic heterocycles. The molecule has 0 aromatic rings. The van der Waals surface area contributed by atoms with Crippen LogP contribution in [0.25, 0.3) is 0 Å². The summed E-state index contributed by atoms with van der Waals surface area (Å²) in [6, 6.07) is 0. The molecule has 0 aromatic carbocycles. The van der Waals surface area contributed by atoms with Crippen LogP contribution in [0.5, 0.6) is 0 Å². The minimum atomic E-state index is -0.534. The van der Waals surface area contributed by atoms with Crippen LogP contribution < -0.4 is 0 Å². The van der Waals surface area contributed by atoms with E-state index in [1.165, 1.54) is 109 Å². The summed E-state index contributed by atoms with van der Waals surface area (Å²) in [5.41, 5.74) is 0. The van der Waals surface area contributed by atoms with Gasteiger partial charge in [0.25, 0.3) is 0 Å². The zero-order valence-electron chi connectivity index (χ0n) is 34.5. The van der Waals surface area contributed by atoms with Gasteiger partial charge >= 0.3 is 12.1 Å². The van der Waals surface area contributed by atoms with Gasteiger partial charge in [0, 0.05) is 13.0 Å². The number of hydrogen-bond acceptors (Lipinski definition) is 7. The number of carbonyl (C=O) groups excluding carboxylic acids is 2. The maximum Gasteiger partial charge on any atom is 0.508 e. The molecular weight excluding hydrogens is 638 g/mol. The van der Waals surface area contributed by atoms with Gasteiger partial charge in [0.1, 0.15) is 12.2 Å². The smallest absolute Gasteiger partial charge is 0.462 e. The highest BCUT2D eigenvalue weighted by atomic mass is 16.7. The lowest BCUT2D eigenvalue weighted by Gasteiger charge is -2.21. The number of nitrogens with zero attached hydrogens (tertiary/aromatic N) is 1. The van der Waals surface area contributed by atoms with Crippen molar-refractivity contribution in [2.45, 2.75) is 239 Å².